The van der Waals surface area contributed by atoms with Gasteiger partial charge in [0.1, 0.15) is 17.0 Å². The van der Waals surface area contributed by atoms with Crippen LogP contribution in [-0.2, 0) is 0 Å². The second-order valence-electron chi connectivity index (χ2n) is 8.76. The first-order valence-electron chi connectivity index (χ1n) is 12.4. The number of aryl methyl sites for hydroxylation is 1. The number of nitrogens with zero attached hydrogens (tertiary/aromatic N) is 2. The van der Waals surface area contributed by atoms with E-state index in [0.29, 0.717) is 45.8 Å². The summed E-state index contributed by atoms with van der Waals surface area (Å²) in [5.41, 5.74) is 5.62. The summed E-state index contributed by atoms with van der Waals surface area (Å²) in [6, 6.07) is 9.90. The molecule has 7 heteroatoms. The van der Waals surface area contributed by atoms with Gasteiger partial charge >= 0.3 is 0 Å². The van der Waals surface area contributed by atoms with Crippen LogP contribution in [0, 0.1) is 18.6 Å². The van der Waals surface area contributed by atoms with E-state index >= 15 is 4.39 Å². The third-order valence-electron chi connectivity index (χ3n) is 6.26. The lowest BCUT2D eigenvalue weighted by molar-refractivity contribution is 0.624. The number of benzene rings is 2. The van der Waals surface area contributed by atoms with Crippen molar-refractivity contribution >= 4 is 22.0 Å². The van der Waals surface area contributed by atoms with E-state index in [1.807, 2.05) is 39.0 Å². The molecule has 0 spiro atoms. The van der Waals surface area contributed by atoms with Crippen molar-refractivity contribution in [2.24, 2.45) is 0 Å². The minimum absolute atomic E-state index is 0.214. The van der Waals surface area contributed by atoms with Crippen molar-refractivity contribution in [3.63, 3.8) is 0 Å². The van der Waals surface area contributed by atoms with Crippen molar-refractivity contribution in [1.29, 1.82) is 0 Å². The maximum atomic E-state index is 15.2. The minimum atomic E-state index is -0.443. The molecule has 0 saturated heterocycles. The van der Waals surface area contributed by atoms with Gasteiger partial charge in [0, 0.05) is 28.8 Å². The summed E-state index contributed by atoms with van der Waals surface area (Å²) in [6.45, 7) is 15.0. The van der Waals surface area contributed by atoms with Crippen LogP contribution in [0.25, 0.3) is 33.6 Å². The van der Waals surface area contributed by atoms with E-state index < -0.39 is 5.82 Å². The smallest absolute Gasteiger partial charge is 0.156 e. The predicted octanol–water partition coefficient (Wildman–Crippen LogP) is 7.28. The number of imidazole rings is 1. The second-order valence-corrected chi connectivity index (χ2v) is 8.76. The molecular formula is C31H31F2N5. The molecule has 2 heterocycles. The summed E-state index contributed by atoms with van der Waals surface area (Å²) >= 11 is 0. The zero-order valence-electron chi connectivity index (χ0n) is 21.8. The van der Waals surface area contributed by atoms with Crippen LogP contribution in [0.4, 0.5) is 8.78 Å². The van der Waals surface area contributed by atoms with Crippen LogP contribution in [0.5, 0.6) is 0 Å². The molecule has 5 nitrogen and oxygen atoms in total. The molecule has 0 unspecified atom stereocenters. The van der Waals surface area contributed by atoms with E-state index in [9.17, 15) is 4.39 Å². The van der Waals surface area contributed by atoms with Crippen molar-refractivity contribution in [2.45, 2.75) is 20.8 Å². The number of rotatable bonds is 10. The van der Waals surface area contributed by atoms with E-state index in [-0.39, 0.29) is 11.3 Å². The van der Waals surface area contributed by atoms with Crippen molar-refractivity contribution in [3.8, 4) is 11.5 Å². The highest BCUT2D eigenvalue weighted by Crippen LogP contribution is 2.33. The molecule has 0 saturated carbocycles. The molecule has 4 aromatic rings. The van der Waals surface area contributed by atoms with Gasteiger partial charge in [0.2, 0.25) is 0 Å². The van der Waals surface area contributed by atoms with E-state index in [1.165, 1.54) is 12.1 Å². The fourth-order valence-electron chi connectivity index (χ4n) is 4.34. The Hall–Kier alpha value is -4.36. The normalized spacial score (nSPS) is 12.8. The van der Waals surface area contributed by atoms with Crippen LogP contribution in [-0.4, -0.2) is 33.3 Å². The number of fused-ring (bicyclic) bond motifs is 1. The Bertz CT molecular complexity index is 1580. The Balaban J connectivity index is 1.82. The molecule has 0 atom stereocenters. The fourth-order valence-corrected chi connectivity index (χ4v) is 4.34. The molecule has 0 aliphatic carbocycles. The monoisotopic (exact) mass is 511 g/mol. The van der Waals surface area contributed by atoms with Crippen LogP contribution < -0.4 is 5.32 Å². The summed E-state index contributed by atoms with van der Waals surface area (Å²) in [5, 5.41) is 11.0. The molecule has 2 aromatic heterocycles. The molecule has 0 aliphatic heterocycles. The summed E-state index contributed by atoms with van der Waals surface area (Å²) in [7, 11) is 0. The molecule has 0 radical (unpaired) electrons. The highest BCUT2D eigenvalue weighted by atomic mass is 19.1. The summed E-state index contributed by atoms with van der Waals surface area (Å²) in [5.74, 6) is -0.329. The highest BCUT2D eigenvalue weighted by molar-refractivity contribution is 5.95. The van der Waals surface area contributed by atoms with Gasteiger partial charge in [-0.1, -0.05) is 68.7 Å². The van der Waals surface area contributed by atoms with Crippen molar-refractivity contribution in [3.05, 3.63) is 120 Å². The van der Waals surface area contributed by atoms with Gasteiger partial charge in [0.25, 0.3) is 0 Å². The second kappa shape index (κ2) is 11.8. The van der Waals surface area contributed by atoms with Gasteiger partial charge in [-0.2, -0.15) is 5.10 Å². The molecule has 0 fully saturated rings. The topological polar surface area (TPSA) is 69.4 Å². The molecule has 0 bridgehead atoms. The third-order valence-corrected chi connectivity index (χ3v) is 6.26. The molecule has 194 valence electrons. The lowest BCUT2D eigenvalue weighted by atomic mass is 10.00. The maximum Gasteiger partial charge on any atom is 0.156 e. The molecule has 0 amide bonds. The summed E-state index contributed by atoms with van der Waals surface area (Å²) in [6.07, 6.45) is 9.05. The number of nitrogens with one attached hydrogen (secondary N) is 3. The number of H-pyrrole nitrogens is 2. The number of halogens is 2. The zero-order chi connectivity index (χ0) is 27.2. The number of hydrogen-bond donors (Lipinski definition) is 3. The average molecular weight is 512 g/mol. The van der Waals surface area contributed by atoms with E-state index in [2.05, 4.69) is 33.7 Å². The quantitative estimate of drug-likeness (QED) is 0.196. The Morgan fingerprint density at radius 3 is 2.61 bits per heavy atom. The Morgan fingerprint density at radius 2 is 1.92 bits per heavy atom. The van der Waals surface area contributed by atoms with Crippen LogP contribution in [0.1, 0.15) is 36.4 Å². The predicted molar refractivity (Wildman–Crippen MR) is 153 cm³/mol. The SMILES string of the molecule is C=C/C=C(/c1ccccc1F)c1nc(-c2[nH]nc3c(F)cc(C(/C=C(\C=C)CNCC)=C/C)cc23)[nH]c1C. The number of likely N-dealkylation sites (N-methyl/N-ethyl adjacent to an activating group) is 1. The third kappa shape index (κ3) is 5.33. The van der Waals surface area contributed by atoms with Crippen LogP contribution in [0.2, 0.25) is 0 Å². The van der Waals surface area contributed by atoms with Gasteiger partial charge in [-0.25, -0.2) is 13.8 Å². The van der Waals surface area contributed by atoms with E-state index in [4.69, 9.17) is 4.98 Å². The highest BCUT2D eigenvalue weighted by Gasteiger charge is 2.20. The van der Waals surface area contributed by atoms with Crippen LogP contribution in [0.3, 0.4) is 0 Å². The van der Waals surface area contributed by atoms with Crippen molar-refractivity contribution < 1.29 is 8.78 Å². The van der Waals surface area contributed by atoms with Crippen molar-refractivity contribution in [2.75, 3.05) is 13.1 Å². The zero-order valence-corrected chi connectivity index (χ0v) is 21.8. The van der Waals surface area contributed by atoms with E-state index in [0.717, 1.165) is 23.4 Å². The van der Waals surface area contributed by atoms with Gasteiger partial charge < -0.3 is 10.3 Å². The van der Waals surface area contributed by atoms with Gasteiger partial charge in [-0.05, 0) is 55.3 Å². The average Bonchev–Trinajstić information content (AvgIpc) is 3.51. The van der Waals surface area contributed by atoms with Crippen molar-refractivity contribution in [1.82, 2.24) is 25.5 Å². The minimum Gasteiger partial charge on any atom is -0.340 e. The Labute approximate surface area is 221 Å². The van der Waals surface area contributed by atoms with E-state index in [1.54, 1.807) is 36.4 Å². The lowest BCUT2D eigenvalue weighted by Crippen LogP contribution is -2.15. The molecule has 0 aliphatic rings. The van der Waals surface area contributed by atoms with Gasteiger partial charge in [-0.15, -0.1) is 0 Å². The first-order valence-corrected chi connectivity index (χ1v) is 12.4. The van der Waals surface area contributed by atoms with Gasteiger partial charge in [0.15, 0.2) is 11.6 Å². The molecule has 2 aromatic carbocycles. The largest absolute Gasteiger partial charge is 0.340 e. The summed E-state index contributed by atoms with van der Waals surface area (Å²) < 4.78 is 29.9. The number of allylic oxidation sites excluding steroid dienone is 5. The molecule has 3 N–H and O–H groups in total. The van der Waals surface area contributed by atoms with Crippen LogP contribution >= 0.6 is 0 Å². The Kier molecular flexibility index (Phi) is 8.28. The Morgan fingerprint density at radius 1 is 1.13 bits per heavy atom. The first kappa shape index (κ1) is 26.7. The molecule has 38 heavy (non-hydrogen) atoms. The fraction of sp³-hybridized carbons (Fsp3) is 0.161. The lowest BCUT2D eigenvalue weighted by Gasteiger charge is -2.08. The molecular weight excluding hydrogens is 480 g/mol. The number of aromatic nitrogens is 4. The number of aromatic amines is 2. The van der Waals surface area contributed by atoms with Gasteiger partial charge in [0.05, 0.1) is 5.69 Å². The standard InChI is InChI=1S/C31H31F2N5/c1-6-12-24(23-13-10-11-14-26(23)32)28-19(5)35-31(36-28)30-25-16-22(17-27(33)29(25)37-38-30)21(8-3)15-20(7-2)18-34-9-4/h6-8,10-17,34H,1-2,9,18H2,3-5H3,(H,35,36)(H,37,38)/b20-15+,21-8+,24-12-. The maximum absolute atomic E-state index is 15.2. The molecule has 4 rings (SSSR count). The van der Waals surface area contributed by atoms with Crippen LogP contribution in [0.15, 0.2) is 85.5 Å². The number of hydrogen-bond acceptors (Lipinski definition) is 3. The van der Waals surface area contributed by atoms with Gasteiger partial charge in [-0.3, -0.25) is 5.10 Å². The first-order chi connectivity index (χ1) is 18.4. The summed E-state index contributed by atoms with van der Waals surface area (Å²) in [4.78, 5) is 8.04.